The van der Waals surface area contributed by atoms with Gasteiger partial charge in [0.2, 0.25) is 0 Å². The van der Waals surface area contributed by atoms with Crippen molar-refractivity contribution < 1.29 is 0 Å². The first-order valence-electron chi connectivity index (χ1n) is 3.17. The first-order chi connectivity index (χ1) is 5.65. The van der Waals surface area contributed by atoms with E-state index in [1.807, 2.05) is 18.2 Å². The molecule has 1 heterocycles. The molecule has 4 heteroatoms. The third-order valence-electron chi connectivity index (χ3n) is 1.29. The van der Waals surface area contributed by atoms with Crippen molar-refractivity contribution in [2.24, 2.45) is 0 Å². The number of halogens is 2. The molecule has 0 aliphatic rings. The second-order valence-corrected chi connectivity index (χ2v) is 5.00. The van der Waals surface area contributed by atoms with E-state index in [0.717, 1.165) is 8.66 Å². The van der Waals surface area contributed by atoms with Gasteiger partial charge in [0.1, 0.15) is 0 Å². The SMILES string of the molecule is CC(C#N)=C(Cl)c1ccc(Br)s1. The van der Waals surface area contributed by atoms with Crippen LogP contribution in [0.4, 0.5) is 0 Å². The molecule has 0 atom stereocenters. The normalized spacial score (nSPS) is 12.2. The Morgan fingerprint density at radius 2 is 2.33 bits per heavy atom. The number of hydrogen-bond donors (Lipinski definition) is 0. The summed E-state index contributed by atoms with van der Waals surface area (Å²) in [5, 5.41) is 9.11. The molecule has 0 unspecified atom stereocenters. The quantitative estimate of drug-likeness (QED) is 0.702. The predicted octanol–water partition coefficient (Wildman–Crippen LogP) is 4.00. The Balaban J connectivity index is 3.09. The van der Waals surface area contributed by atoms with Crippen molar-refractivity contribution in [3.63, 3.8) is 0 Å². The van der Waals surface area contributed by atoms with Gasteiger partial charge in [-0.05, 0) is 35.0 Å². The number of hydrogen-bond acceptors (Lipinski definition) is 2. The monoisotopic (exact) mass is 261 g/mol. The van der Waals surface area contributed by atoms with Gasteiger partial charge in [-0.3, -0.25) is 0 Å². The van der Waals surface area contributed by atoms with Crippen molar-refractivity contribution >= 4 is 43.9 Å². The van der Waals surface area contributed by atoms with Gasteiger partial charge in [-0.1, -0.05) is 11.6 Å². The molecule has 0 N–H and O–H groups in total. The smallest absolute Gasteiger partial charge is 0.0960 e. The minimum absolute atomic E-state index is 0.535. The zero-order chi connectivity index (χ0) is 9.14. The van der Waals surface area contributed by atoms with Crippen LogP contribution in [-0.2, 0) is 0 Å². The fourth-order valence-electron chi connectivity index (χ4n) is 0.666. The highest BCUT2D eigenvalue weighted by molar-refractivity contribution is 9.11. The number of nitriles is 1. The molecule has 0 spiro atoms. The number of allylic oxidation sites excluding steroid dienone is 1. The molecular weight excluding hydrogens is 258 g/mol. The van der Waals surface area contributed by atoms with Crippen LogP contribution in [0.25, 0.3) is 5.03 Å². The van der Waals surface area contributed by atoms with Gasteiger partial charge in [0, 0.05) is 10.5 Å². The lowest BCUT2D eigenvalue weighted by atomic mass is 10.3. The van der Waals surface area contributed by atoms with Crippen molar-refractivity contribution in [3.05, 3.63) is 26.4 Å². The molecule has 0 aliphatic heterocycles. The van der Waals surface area contributed by atoms with E-state index >= 15 is 0 Å². The van der Waals surface area contributed by atoms with Gasteiger partial charge in [-0.25, -0.2) is 0 Å². The first kappa shape index (κ1) is 9.79. The van der Waals surface area contributed by atoms with Gasteiger partial charge in [-0.15, -0.1) is 11.3 Å². The number of rotatable bonds is 1. The molecular formula is C8H5BrClNS. The summed E-state index contributed by atoms with van der Waals surface area (Å²) >= 11 is 10.8. The molecule has 1 rings (SSSR count). The Bertz CT molecular complexity index is 361. The summed E-state index contributed by atoms with van der Waals surface area (Å²) in [6.07, 6.45) is 0. The van der Waals surface area contributed by atoms with Crippen molar-refractivity contribution in [2.75, 3.05) is 0 Å². The third kappa shape index (κ3) is 2.10. The molecule has 1 aromatic heterocycles. The molecule has 0 aliphatic carbocycles. The summed E-state index contributed by atoms with van der Waals surface area (Å²) in [4.78, 5) is 0.919. The Labute approximate surface area is 88.4 Å². The Hall–Kier alpha value is -0.300. The van der Waals surface area contributed by atoms with Crippen LogP contribution in [0.2, 0.25) is 0 Å². The molecule has 1 aromatic rings. The summed E-state index contributed by atoms with van der Waals surface area (Å²) in [6.45, 7) is 1.70. The molecule has 62 valence electrons. The molecule has 0 saturated heterocycles. The van der Waals surface area contributed by atoms with E-state index in [0.29, 0.717) is 10.6 Å². The van der Waals surface area contributed by atoms with Crippen molar-refractivity contribution in [1.29, 1.82) is 5.26 Å². The lowest BCUT2D eigenvalue weighted by Crippen LogP contribution is -1.73. The van der Waals surface area contributed by atoms with Gasteiger partial charge < -0.3 is 0 Å². The second kappa shape index (κ2) is 4.08. The lowest BCUT2D eigenvalue weighted by molar-refractivity contribution is 1.46. The van der Waals surface area contributed by atoms with Gasteiger partial charge in [0.15, 0.2) is 0 Å². The van der Waals surface area contributed by atoms with E-state index < -0.39 is 0 Å². The highest BCUT2D eigenvalue weighted by atomic mass is 79.9. The molecule has 0 saturated carbocycles. The fourth-order valence-corrected chi connectivity index (χ4v) is 2.27. The average molecular weight is 263 g/mol. The van der Waals surface area contributed by atoms with Crippen LogP contribution in [0.15, 0.2) is 21.5 Å². The molecule has 0 aromatic carbocycles. The number of thiophene rings is 1. The van der Waals surface area contributed by atoms with Crippen LogP contribution in [0.5, 0.6) is 0 Å². The lowest BCUT2D eigenvalue weighted by Gasteiger charge is -1.92. The van der Waals surface area contributed by atoms with Crippen LogP contribution >= 0.6 is 38.9 Å². The van der Waals surface area contributed by atoms with E-state index in [-0.39, 0.29) is 0 Å². The van der Waals surface area contributed by atoms with E-state index in [1.165, 1.54) is 11.3 Å². The fraction of sp³-hybridized carbons (Fsp3) is 0.125. The van der Waals surface area contributed by atoms with Crippen molar-refractivity contribution in [2.45, 2.75) is 6.92 Å². The summed E-state index contributed by atoms with van der Waals surface area (Å²) in [6, 6.07) is 5.81. The van der Waals surface area contributed by atoms with Crippen LogP contribution in [0.1, 0.15) is 11.8 Å². The molecule has 12 heavy (non-hydrogen) atoms. The molecule has 1 nitrogen and oxygen atoms in total. The number of nitrogens with zero attached hydrogens (tertiary/aromatic N) is 1. The maximum absolute atomic E-state index is 8.57. The van der Waals surface area contributed by atoms with Crippen LogP contribution in [0.3, 0.4) is 0 Å². The standard InChI is InChI=1S/C8H5BrClNS/c1-5(4-11)8(10)6-2-3-7(9)12-6/h2-3H,1H3. The largest absolute Gasteiger partial charge is 0.193 e. The van der Waals surface area contributed by atoms with E-state index in [9.17, 15) is 0 Å². The molecule has 0 bridgehead atoms. The second-order valence-electron chi connectivity index (χ2n) is 2.15. The summed E-state index contributed by atoms with van der Waals surface area (Å²) in [5.41, 5.74) is 0.547. The van der Waals surface area contributed by atoms with E-state index in [1.54, 1.807) is 6.92 Å². The average Bonchev–Trinajstić information content (AvgIpc) is 2.49. The van der Waals surface area contributed by atoms with Gasteiger partial charge >= 0.3 is 0 Å². The zero-order valence-electron chi connectivity index (χ0n) is 6.27. The summed E-state index contributed by atoms with van der Waals surface area (Å²) in [5.74, 6) is 0. The highest BCUT2D eigenvalue weighted by Gasteiger charge is 2.04. The highest BCUT2D eigenvalue weighted by Crippen LogP contribution is 2.31. The maximum atomic E-state index is 8.57. The topological polar surface area (TPSA) is 23.8 Å². The van der Waals surface area contributed by atoms with Crippen LogP contribution in [0, 0.1) is 11.3 Å². The van der Waals surface area contributed by atoms with Gasteiger partial charge in [0.25, 0.3) is 0 Å². The Morgan fingerprint density at radius 3 is 2.75 bits per heavy atom. The van der Waals surface area contributed by atoms with Crippen LogP contribution in [-0.4, -0.2) is 0 Å². The summed E-state index contributed by atoms with van der Waals surface area (Å²) in [7, 11) is 0. The van der Waals surface area contributed by atoms with Crippen molar-refractivity contribution in [3.8, 4) is 6.07 Å². The predicted molar refractivity (Wildman–Crippen MR) is 56.1 cm³/mol. The third-order valence-corrected chi connectivity index (χ3v) is 3.53. The maximum Gasteiger partial charge on any atom is 0.0960 e. The van der Waals surface area contributed by atoms with E-state index in [2.05, 4.69) is 15.9 Å². The van der Waals surface area contributed by atoms with Gasteiger partial charge in [0.05, 0.1) is 14.9 Å². The first-order valence-corrected chi connectivity index (χ1v) is 5.16. The Morgan fingerprint density at radius 1 is 1.67 bits per heavy atom. The molecule has 0 fully saturated rings. The molecule has 0 radical (unpaired) electrons. The van der Waals surface area contributed by atoms with E-state index in [4.69, 9.17) is 16.9 Å². The van der Waals surface area contributed by atoms with Crippen LogP contribution < -0.4 is 0 Å². The van der Waals surface area contributed by atoms with Crippen molar-refractivity contribution in [1.82, 2.24) is 0 Å². The Kier molecular flexibility index (Phi) is 3.33. The molecule has 0 amide bonds. The summed E-state index contributed by atoms with van der Waals surface area (Å²) < 4.78 is 1.02. The zero-order valence-corrected chi connectivity index (χ0v) is 9.42. The minimum Gasteiger partial charge on any atom is -0.193 e. The van der Waals surface area contributed by atoms with Gasteiger partial charge in [-0.2, -0.15) is 5.26 Å². The minimum atomic E-state index is 0.535.